The molecule has 2 N–H and O–H groups in total. The molecule has 0 saturated carbocycles. The van der Waals surface area contributed by atoms with E-state index in [0.29, 0.717) is 5.56 Å². The highest BCUT2D eigenvalue weighted by atomic mass is 19.1. The van der Waals surface area contributed by atoms with Crippen molar-refractivity contribution < 1.29 is 9.18 Å². The molecule has 1 atom stereocenters. The number of amides is 1. The first kappa shape index (κ1) is 12.0. The standard InChI is InChI=1S/C13H17FN2O/c1-9-4-2-6-11(12(9)14)13(17)16-10-5-3-7-15-8-10/h2,4,6,10,15H,3,5,7-8H2,1H3,(H,16,17)/t10-/m0/s1. The molecule has 1 aliphatic heterocycles. The van der Waals surface area contributed by atoms with Crippen LogP contribution in [-0.4, -0.2) is 25.0 Å². The van der Waals surface area contributed by atoms with Gasteiger partial charge in [-0.25, -0.2) is 4.39 Å². The Kier molecular flexibility index (Phi) is 3.74. The quantitative estimate of drug-likeness (QED) is 0.819. The molecule has 0 radical (unpaired) electrons. The van der Waals surface area contributed by atoms with Gasteiger partial charge in [-0.1, -0.05) is 12.1 Å². The second-order valence-corrected chi connectivity index (χ2v) is 4.45. The Morgan fingerprint density at radius 2 is 2.35 bits per heavy atom. The molecule has 0 aliphatic carbocycles. The summed E-state index contributed by atoms with van der Waals surface area (Å²) in [6.45, 7) is 3.42. The molecule has 1 aromatic carbocycles. The highest BCUT2D eigenvalue weighted by Crippen LogP contribution is 2.12. The van der Waals surface area contributed by atoms with Crippen LogP contribution < -0.4 is 10.6 Å². The normalized spacial score (nSPS) is 20.0. The van der Waals surface area contributed by atoms with E-state index in [1.54, 1.807) is 19.1 Å². The van der Waals surface area contributed by atoms with E-state index >= 15 is 0 Å². The van der Waals surface area contributed by atoms with Crippen molar-refractivity contribution in [1.82, 2.24) is 10.6 Å². The third kappa shape index (κ3) is 2.82. The lowest BCUT2D eigenvalue weighted by Gasteiger charge is -2.23. The van der Waals surface area contributed by atoms with Crippen LogP contribution in [-0.2, 0) is 0 Å². The number of hydrogen-bond donors (Lipinski definition) is 2. The minimum atomic E-state index is -0.422. The van der Waals surface area contributed by atoms with Gasteiger partial charge in [-0.05, 0) is 37.9 Å². The van der Waals surface area contributed by atoms with Gasteiger partial charge in [0.2, 0.25) is 0 Å². The number of nitrogens with one attached hydrogen (secondary N) is 2. The van der Waals surface area contributed by atoms with Crippen molar-refractivity contribution in [2.75, 3.05) is 13.1 Å². The molecule has 4 heteroatoms. The fourth-order valence-electron chi connectivity index (χ4n) is 2.06. The average molecular weight is 236 g/mol. The first-order valence-electron chi connectivity index (χ1n) is 5.95. The second kappa shape index (κ2) is 5.27. The molecule has 1 amide bonds. The summed E-state index contributed by atoms with van der Waals surface area (Å²) < 4.78 is 13.7. The Morgan fingerprint density at radius 3 is 3.06 bits per heavy atom. The molecule has 0 unspecified atom stereocenters. The summed E-state index contributed by atoms with van der Waals surface area (Å²) in [5.74, 6) is -0.742. The molecular weight excluding hydrogens is 219 g/mol. The van der Waals surface area contributed by atoms with Crippen LogP contribution in [0.15, 0.2) is 18.2 Å². The van der Waals surface area contributed by atoms with Gasteiger partial charge in [0.25, 0.3) is 5.91 Å². The summed E-state index contributed by atoms with van der Waals surface area (Å²) in [4.78, 5) is 11.9. The zero-order valence-corrected chi connectivity index (χ0v) is 9.92. The fraction of sp³-hybridized carbons (Fsp3) is 0.462. The van der Waals surface area contributed by atoms with Gasteiger partial charge in [-0.2, -0.15) is 0 Å². The topological polar surface area (TPSA) is 41.1 Å². The molecule has 3 nitrogen and oxygen atoms in total. The highest BCUT2D eigenvalue weighted by Gasteiger charge is 2.18. The predicted octanol–water partition coefficient (Wildman–Crippen LogP) is 1.62. The van der Waals surface area contributed by atoms with E-state index in [9.17, 15) is 9.18 Å². The van der Waals surface area contributed by atoms with Gasteiger partial charge in [0.05, 0.1) is 5.56 Å². The largest absolute Gasteiger partial charge is 0.348 e. The number of aryl methyl sites for hydroxylation is 1. The maximum Gasteiger partial charge on any atom is 0.254 e. The number of hydrogen-bond acceptors (Lipinski definition) is 2. The maximum absolute atomic E-state index is 13.7. The molecule has 2 rings (SSSR count). The van der Waals surface area contributed by atoms with Crippen molar-refractivity contribution in [3.05, 3.63) is 35.1 Å². The lowest BCUT2D eigenvalue weighted by atomic mass is 10.1. The van der Waals surface area contributed by atoms with Gasteiger partial charge >= 0.3 is 0 Å². The summed E-state index contributed by atoms with van der Waals surface area (Å²) in [7, 11) is 0. The number of piperidine rings is 1. The summed E-state index contributed by atoms with van der Waals surface area (Å²) in [6.07, 6.45) is 1.99. The Labute approximate surface area is 100 Å². The molecule has 1 saturated heterocycles. The summed E-state index contributed by atoms with van der Waals surface area (Å²) in [6, 6.07) is 4.99. The number of rotatable bonds is 2. The van der Waals surface area contributed by atoms with Crippen LogP contribution in [0, 0.1) is 12.7 Å². The zero-order valence-electron chi connectivity index (χ0n) is 9.92. The number of carbonyl (C=O) groups excluding carboxylic acids is 1. The monoisotopic (exact) mass is 236 g/mol. The number of carbonyl (C=O) groups is 1. The molecule has 1 heterocycles. The molecule has 0 spiro atoms. The second-order valence-electron chi connectivity index (χ2n) is 4.45. The van der Waals surface area contributed by atoms with Gasteiger partial charge in [0.15, 0.2) is 0 Å². The first-order valence-corrected chi connectivity index (χ1v) is 5.95. The Hall–Kier alpha value is -1.42. The van der Waals surface area contributed by atoms with Crippen LogP contribution in [0.5, 0.6) is 0 Å². The summed E-state index contributed by atoms with van der Waals surface area (Å²) in [5.41, 5.74) is 0.634. The SMILES string of the molecule is Cc1cccc(C(=O)N[C@H]2CCCNC2)c1F. The van der Waals surface area contributed by atoms with Crippen LogP contribution >= 0.6 is 0 Å². The minimum absolute atomic E-state index is 0.108. The van der Waals surface area contributed by atoms with Gasteiger partial charge in [0, 0.05) is 12.6 Å². The van der Waals surface area contributed by atoms with E-state index < -0.39 is 5.82 Å². The number of halogens is 1. The average Bonchev–Trinajstić information content (AvgIpc) is 2.34. The third-order valence-corrected chi connectivity index (χ3v) is 3.07. The summed E-state index contributed by atoms with van der Waals surface area (Å²) in [5, 5.41) is 6.07. The van der Waals surface area contributed by atoms with Crippen LogP contribution in [0.3, 0.4) is 0 Å². The predicted molar refractivity (Wildman–Crippen MR) is 64.5 cm³/mol. The maximum atomic E-state index is 13.7. The van der Waals surface area contributed by atoms with Gasteiger partial charge in [0.1, 0.15) is 5.82 Å². The van der Waals surface area contributed by atoms with Crippen molar-refractivity contribution >= 4 is 5.91 Å². The third-order valence-electron chi connectivity index (χ3n) is 3.07. The highest BCUT2D eigenvalue weighted by molar-refractivity contribution is 5.94. The smallest absolute Gasteiger partial charge is 0.254 e. The van der Waals surface area contributed by atoms with Crippen LogP contribution in [0.1, 0.15) is 28.8 Å². The Morgan fingerprint density at radius 1 is 1.53 bits per heavy atom. The van der Waals surface area contributed by atoms with Crippen LogP contribution in [0.25, 0.3) is 0 Å². The van der Waals surface area contributed by atoms with E-state index in [1.165, 1.54) is 6.07 Å². The molecule has 0 bridgehead atoms. The molecule has 1 fully saturated rings. The van der Waals surface area contributed by atoms with Crippen LogP contribution in [0.2, 0.25) is 0 Å². The molecule has 92 valence electrons. The molecule has 1 aromatic rings. The van der Waals surface area contributed by atoms with Crippen molar-refractivity contribution in [3.8, 4) is 0 Å². The van der Waals surface area contributed by atoms with Gasteiger partial charge in [-0.3, -0.25) is 4.79 Å². The summed E-state index contributed by atoms with van der Waals surface area (Å²) >= 11 is 0. The molecule has 17 heavy (non-hydrogen) atoms. The minimum Gasteiger partial charge on any atom is -0.348 e. The van der Waals surface area contributed by atoms with E-state index in [0.717, 1.165) is 25.9 Å². The van der Waals surface area contributed by atoms with Crippen molar-refractivity contribution in [1.29, 1.82) is 0 Å². The molecular formula is C13H17FN2O. The lowest BCUT2D eigenvalue weighted by Crippen LogP contribution is -2.45. The van der Waals surface area contributed by atoms with Crippen LogP contribution in [0.4, 0.5) is 4.39 Å². The van der Waals surface area contributed by atoms with Gasteiger partial charge < -0.3 is 10.6 Å². The van der Waals surface area contributed by atoms with Gasteiger partial charge in [-0.15, -0.1) is 0 Å². The van der Waals surface area contributed by atoms with E-state index in [1.807, 2.05) is 0 Å². The number of benzene rings is 1. The van der Waals surface area contributed by atoms with Crippen molar-refractivity contribution in [3.63, 3.8) is 0 Å². The Bertz CT molecular complexity index is 414. The van der Waals surface area contributed by atoms with Crippen molar-refractivity contribution in [2.24, 2.45) is 0 Å². The van der Waals surface area contributed by atoms with E-state index in [-0.39, 0.29) is 17.5 Å². The first-order chi connectivity index (χ1) is 8.18. The Balaban J connectivity index is 2.06. The fourth-order valence-corrected chi connectivity index (χ4v) is 2.06. The van der Waals surface area contributed by atoms with E-state index in [2.05, 4.69) is 10.6 Å². The zero-order chi connectivity index (χ0) is 12.3. The molecule has 0 aromatic heterocycles. The van der Waals surface area contributed by atoms with E-state index in [4.69, 9.17) is 0 Å². The molecule has 1 aliphatic rings. The lowest BCUT2D eigenvalue weighted by molar-refractivity contribution is 0.0926. The van der Waals surface area contributed by atoms with Crippen molar-refractivity contribution in [2.45, 2.75) is 25.8 Å².